The van der Waals surface area contributed by atoms with Crippen molar-refractivity contribution in [2.75, 3.05) is 28.4 Å². The van der Waals surface area contributed by atoms with Gasteiger partial charge in [-0.05, 0) is 96.5 Å². The van der Waals surface area contributed by atoms with Crippen LogP contribution >= 0.6 is 0 Å². The average molecular weight is 499 g/mol. The van der Waals surface area contributed by atoms with Crippen molar-refractivity contribution < 1.29 is 23.7 Å². The van der Waals surface area contributed by atoms with Gasteiger partial charge in [0.05, 0.1) is 28.4 Å². The zero-order chi connectivity index (χ0) is 26.0. The topological polar surface area (TPSA) is 46.2 Å². The van der Waals surface area contributed by atoms with Crippen molar-refractivity contribution in [1.82, 2.24) is 0 Å². The Labute approximate surface area is 219 Å². The van der Waals surface area contributed by atoms with Crippen LogP contribution in [0.4, 0.5) is 0 Å². The fourth-order valence-electron chi connectivity index (χ4n) is 4.19. The summed E-state index contributed by atoms with van der Waals surface area (Å²) in [4.78, 5) is 0. The summed E-state index contributed by atoms with van der Waals surface area (Å²) in [6.07, 6.45) is 3.63. The first-order chi connectivity index (χ1) is 18.1. The van der Waals surface area contributed by atoms with E-state index in [1.807, 2.05) is 48.5 Å². The molecule has 0 saturated carbocycles. The van der Waals surface area contributed by atoms with Crippen molar-refractivity contribution in [2.24, 2.45) is 0 Å². The van der Waals surface area contributed by atoms with Gasteiger partial charge in [0.1, 0.15) is 23.0 Å². The Morgan fingerprint density at radius 2 is 0.865 bits per heavy atom. The zero-order valence-electron chi connectivity index (χ0n) is 22.0. The van der Waals surface area contributed by atoms with Gasteiger partial charge in [0.25, 0.3) is 0 Å². The van der Waals surface area contributed by atoms with Crippen LogP contribution in [0.3, 0.4) is 0 Å². The van der Waals surface area contributed by atoms with E-state index in [9.17, 15) is 0 Å². The highest BCUT2D eigenvalue weighted by molar-refractivity contribution is 5.46. The third-order valence-corrected chi connectivity index (χ3v) is 6.35. The van der Waals surface area contributed by atoms with Crippen LogP contribution in [0.2, 0.25) is 0 Å². The summed E-state index contributed by atoms with van der Waals surface area (Å²) in [7, 11) is 6.68. The lowest BCUT2D eigenvalue weighted by Crippen LogP contribution is -1.96. The van der Waals surface area contributed by atoms with Gasteiger partial charge in [-0.15, -0.1) is 0 Å². The van der Waals surface area contributed by atoms with E-state index in [-0.39, 0.29) is 0 Å². The molecule has 0 atom stereocenters. The number of benzene rings is 4. The van der Waals surface area contributed by atoms with Crippen molar-refractivity contribution in [3.05, 3.63) is 107 Å². The van der Waals surface area contributed by atoms with E-state index in [0.717, 1.165) is 48.7 Å². The standard InChI is InChI=1S/C32H34O5/c1-33-27-14-9-23(10-15-27)5-7-25-13-18-31(36-4)32(21-25)37-28-16-11-24(12-17-28)6-8-26-19-29(34-2)22-30(20-26)35-3/h9-22H,5-8H2,1-4H3. The van der Waals surface area contributed by atoms with Gasteiger partial charge in [-0.25, -0.2) is 0 Å². The Morgan fingerprint density at radius 3 is 1.41 bits per heavy atom. The van der Waals surface area contributed by atoms with Crippen LogP contribution in [0.15, 0.2) is 84.9 Å². The van der Waals surface area contributed by atoms with Crippen LogP contribution in [-0.4, -0.2) is 28.4 Å². The summed E-state index contributed by atoms with van der Waals surface area (Å²) >= 11 is 0. The lowest BCUT2D eigenvalue weighted by Gasteiger charge is -2.13. The second-order valence-electron chi connectivity index (χ2n) is 8.80. The van der Waals surface area contributed by atoms with Gasteiger partial charge in [-0.1, -0.05) is 30.3 Å². The molecule has 0 aliphatic rings. The van der Waals surface area contributed by atoms with Gasteiger partial charge in [0, 0.05) is 6.07 Å². The van der Waals surface area contributed by atoms with Crippen LogP contribution in [0.5, 0.6) is 34.5 Å². The van der Waals surface area contributed by atoms with Crippen molar-refractivity contribution in [3.8, 4) is 34.5 Å². The molecule has 192 valence electrons. The van der Waals surface area contributed by atoms with Crippen LogP contribution in [0, 0.1) is 0 Å². The minimum absolute atomic E-state index is 0.712. The highest BCUT2D eigenvalue weighted by atomic mass is 16.5. The highest BCUT2D eigenvalue weighted by Gasteiger charge is 2.09. The largest absolute Gasteiger partial charge is 0.497 e. The Hall–Kier alpha value is -4.12. The molecule has 0 amide bonds. The quantitative estimate of drug-likeness (QED) is 0.209. The lowest BCUT2D eigenvalue weighted by atomic mass is 10.0. The second-order valence-corrected chi connectivity index (χ2v) is 8.80. The minimum Gasteiger partial charge on any atom is -0.497 e. The van der Waals surface area contributed by atoms with Gasteiger partial charge < -0.3 is 23.7 Å². The zero-order valence-corrected chi connectivity index (χ0v) is 22.0. The second kappa shape index (κ2) is 12.7. The molecule has 0 heterocycles. The molecule has 0 N–H and O–H groups in total. The van der Waals surface area contributed by atoms with E-state index >= 15 is 0 Å². The number of methoxy groups -OCH3 is 4. The predicted octanol–water partition coefficient (Wildman–Crippen LogP) is 7.08. The van der Waals surface area contributed by atoms with Crippen LogP contribution < -0.4 is 23.7 Å². The third-order valence-electron chi connectivity index (χ3n) is 6.35. The monoisotopic (exact) mass is 498 g/mol. The Balaban J connectivity index is 1.38. The molecule has 5 nitrogen and oxygen atoms in total. The Kier molecular flexibility index (Phi) is 8.93. The van der Waals surface area contributed by atoms with Gasteiger partial charge >= 0.3 is 0 Å². The van der Waals surface area contributed by atoms with Crippen LogP contribution in [0.25, 0.3) is 0 Å². The molecule has 4 aromatic rings. The average Bonchev–Trinajstić information content (AvgIpc) is 2.95. The van der Waals surface area contributed by atoms with E-state index < -0.39 is 0 Å². The first kappa shape index (κ1) is 26.0. The van der Waals surface area contributed by atoms with E-state index in [1.54, 1.807) is 28.4 Å². The van der Waals surface area contributed by atoms with Crippen molar-refractivity contribution >= 4 is 0 Å². The molecule has 0 fully saturated rings. The smallest absolute Gasteiger partial charge is 0.169 e. The molecule has 0 aromatic heterocycles. The van der Waals surface area contributed by atoms with E-state index in [2.05, 4.69) is 36.4 Å². The summed E-state index contributed by atoms with van der Waals surface area (Å²) in [5, 5.41) is 0. The number of rotatable bonds is 12. The fourth-order valence-corrected chi connectivity index (χ4v) is 4.19. The third kappa shape index (κ3) is 7.20. The maximum atomic E-state index is 6.23. The van der Waals surface area contributed by atoms with Gasteiger partial charge in [0.15, 0.2) is 11.5 Å². The molecule has 0 aliphatic carbocycles. The summed E-state index contributed by atoms with van der Waals surface area (Å²) in [5.74, 6) is 4.68. The van der Waals surface area contributed by atoms with E-state index in [1.165, 1.54) is 22.3 Å². The molecule has 0 bridgehead atoms. The first-order valence-corrected chi connectivity index (χ1v) is 12.4. The molecule has 37 heavy (non-hydrogen) atoms. The highest BCUT2D eigenvalue weighted by Crippen LogP contribution is 2.33. The summed E-state index contributed by atoms with van der Waals surface area (Å²) in [6, 6.07) is 28.5. The molecule has 0 radical (unpaired) electrons. The lowest BCUT2D eigenvalue weighted by molar-refractivity contribution is 0.378. The van der Waals surface area contributed by atoms with E-state index in [4.69, 9.17) is 23.7 Å². The fraction of sp³-hybridized carbons (Fsp3) is 0.250. The molecule has 4 aromatic carbocycles. The maximum absolute atomic E-state index is 6.23. The summed E-state index contributed by atoms with van der Waals surface area (Å²) < 4.78 is 27.8. The van der Waals surface area contributed by atoms with Gasteiger partial charge in [-0.2, -0.15) is 0 Å². The molecular weight excluding hydrogens is 464 g/mol. The van der Waals surface area contributed by atoms with Gasteiger partial charge in [-0.3, -0.25) is 0 Å². The summed E-state index contributed by atoms with van der Waals surface area (Å²) in [5.41, 5.74) is 4.86. The number of hydrogen-bond donors (Lipinski definition) is 0. The Morgan fingerprint density at radius 1 is 0.378 bits per heavy atom. The van der Waals surface area contributed by atoms with Crippen molar-refractivity contribution in [2.45, 2.75) is 25.7 Å². The van der Waals surface area contributed by atoms with Crippen molar-refractivity contribution in [1.29, 1.82) is 0 Å². The summed E-state index contributed by atoms with van der Waals surface area (Å²) in [6.45, 7) is 0. The predicted molar refractivity (Wildman–Crippen MR) is 147 cm³/mol. The number of ether oxygens (including phenoxy) is 5. The molecule has 0 spiro atoms. The molecule has 5 heteroatoms. The molecule has 0 saturated heterocycles. The SMILES string of the molecule is COc1ccc(CCc2ccc(OC)c(Oc3ccc(CCc4cc(OC)cc(OC)c4)cc3)c2)cc1. The number of aryl methyl sites for hydroxylation is 4. The number of hydrogen-bond acceptors (Lipinski definition) is 5. The first-order valence-electron chi connectivity index (χ1n) is 12.4. The van der Waals surface area contributed by atoms with Gasteiger partial charge in [0.2, 0.25) is 0 Å². The van der Waals surface area contributed by atoms with Crippen LogP contribution in [0.1, 0.15) is 22.3 Å². The minimum atomic E-state index is 0.712. The molecular formula is C32H34O5. The van der Waals surface area contributed by atoms with Crippen LogP contribution in [-0.2, 0) is 25.7 Å². The molecule has 0 aliphatic heterocycles. The maximum Gasteiger partial charge on any atom is 0.169 e. The van der Waals surface area contributed by atoms with Crippen molar-refractivity contribution in [3.63, 3.8) is 0 Å². The Bertz CT molecular complexity index is 1260. The normalized spacial score (nSPS) is 10.6. The molecule has 4 rings (SSSR count). The molecule has 0 unspecified atom stereocenters. The van der Waals surface area contributed by atoms with E-state index in [0.29, 0.717) is 11.5 Å².